The Hall–Kier alpha value is -0.510. The number of hydrogen-bond donors (Lipinski definition) is 1. The van der Waals surface area contributed by atoms with Gasteiger partial charge in [0.05, 0.1) is 11.8 Å². The van der Waals surface area contributed by atoms with E-state index in [9.17, 15) is 9.59 Å². The third-order valence-corrected chi connectivity index (χ3v) is 5.04. The van der Waals surface area contributed by atoms with Gasteiger partial charge in [0.15, 0.2) is 0 Å². The Balaban J connectivity index is 2.42. The van der Waals surface area contributed by atoms with Crippen molar-refractivity contribution >= 4 is 24.6 Å². The summed E-state index contributed by atoms with van der Waals surface area (Å²) in [6, 6.07) is 0. The molecule has 0 spiro atoms. The largest absolute Gasteiger partial charge is 0.393 e. The van der Waals surface area contributed by atoms with Gasteiger partial charge in [-0.1, -0.05) is 34.6 Å². The van der Waals surface area contributed by atoms with Crippen molar-refractivity contribution < 1.29 is 14.3 Å². The predicted octanol–water partition coefficient (Wildman–Crippen LogP) is 3.08. The van der Waals surface area contributed by atoms with Gasteiger partial charge in [-0.25, -0.2) is 0 Å². The van der Waals surface area contributed by atoms with Crippen LogP contribution in [-0.2, 0) is 14.3 Å². The smallest absolute Gasteiger partial charge is 0.317 e. The van der Waals surface area contributed by atoms with E-state index in [0.29, 0.717) is 5.92 Å². The monoisotopic (exact) mass is 284 g/mol. The van der Waals surface area contributed by atoms with Crippen LogP contribution in [0.25, 0.3) is 0 Å². The molecule has 2 fully saturated rings. The van der Waals surface area contributed by atoms with Gasteiger partial charge in [-0.15, -0.1) is 0 Å². The minimum absolute atomic E-state index is 0.0773. The maximum atomic E-state index is 12.1. The molecule has 2 aliphatic rings. The molecule has 0 N–H and O–H groups in total. The SMILES string of the molecule is CC(C)(C)C1CCC2C(=O)OC(=O)C2C1C(C)(C)S. The molecule has 0 aromatic rings. The zero-order valence-electron chi connectivity index (χ0n) is 12.4. The van der Waals surface area contributed by atoms with Crippen LogP contribution in [-0.4, -0.2) is 16.7 Å². The second-order valence-electron chi connectivity index (χ2n) is 7.60. The summed E-state index contributed by atoms with van der Waals surface area (Å²) in [5.74, 6) is -0.769. The lowest BCUT2D eigenvalue weighted by atomic mass is 9.56. The van der Waals surface area contributed by atoms with Crippen molar-refractivity contribution in [3.8, 4) is 0 Å². The molecule has 1 saturated carbocycles. The Bertz CT molecular complexity index is 403. The lowest BCUT2D eigenvalue weighted by molar-refractivity contribution is -0.154. The minimum atomic E-state index is -0.337. The van der Waals surface area contributed by atoms with Crippen LogP contribution in [0.15, 0.2) is 0 Å². The van der Waals surface area contributed by atoms with Crippen LogP contribution in [0.5, 0.6) is 0 Å². The molecule has 1 aliphatic heterocycles. The first-order valence-electron chi connectivity index (χ1n) is 7.01. The molecular formula is C15H24O3S. The van der Waals surface area contributed by atoms with E-state index in [-0.39, 0.29) is 39.9 Å². The van der Waals surface area contributed by atoms with Crippen molar-refractivity contribution in [3.63, 3.8) is 0 Å². The van der Waals surface area contributed by atoms with E-state index in [1.54, 1.807) is 0 Å². The molecule has 19 heavy (non-hydrogen) atoms. The van der Waals surface area contributed by atoms with Crippen LogP contribution in [0.4, 0.5) is 0 Å². The van der Waals surface area contributed by atoms with E-state index >= 15 is 0 Å². The molecule has 4 heteroatoms. The molecular weight excluding hydrogens is 260 g/mol. The summed E-state index contributed by atoms with van der Waals surface area (Å²) in [5.41, 5.74) is 0.0988. The molecule has 0 aromatic carbocycles. The summed E-state index contributed by atoms with van der Waals surface area (Å²) in [7, 11) is 0. The Labute approximate surface area is 120 Å². The number of rotatable bonds is 1. The Morgan fingerprint density at radius 2 is 1.63 bits per heavy atom. The summed E-state index contributed by atoms with van der Waals surface area (Å²) in [6.07, 6.45) is 1.72. The van der Waals surface area contributed by atoms with Gasteiger partial charge in [-0.05, 0) is 30.1 Å². The molecule has 1 aliphatic carbocycles. The van der Waals surface area contributed by atoms with E-state index in [1.165, 1.54) is 0 Å². The summed E-state index contributed by atoms with van der Waals surface area (Å²) in [5, 5.41) is 0. The summed E-state index contributed by atoms with van der Waals surface area (Å²) < 4.78 is 4.58. The lowest BCUT2D eigenvalue weighted by Gasteiger charge is -2.49. The highest BCUT2D eigenvalue weighted by molar-refractivity contribution is 7.81. The van der Waals surface area contributed by atoms with E-state index in [0.717, 1.165) is 12.8 Å². The molecule has 0 bridgehead atoms. The van der Waals surface area contributed by atoms with E-state index in [1.807, 2.05) is 13.8 Å². The number of carbonyl (C=O) groups is 2. The van der Waals surface area contributed by atoms with E-state index in [4.69, 9.17) is 17.4 Å². The third kappa shape index (κ3) is 2.56. The highest BCUT2D eigenvalue weighted by atomic mass is 32.1. The van der Waals surface area contributed by atoms with Gasteiger partial charge >= 0.3 is 11.9 Å². The quantitative estimate of drug-likeness (QED) is 0.457. The van der Waals surface area contributed by atoms with Crippen LogP contribution in [0.2, 0.25) is 0 Å². The van der Waals surface area contributed by atoms with Gasteiger partial charge in [-0.2, -0.15) is 12.6 Å². The van der Waals surface area contributed by atoms with Crippen LogP contribution in [0.1, 0.15) is 47.5 Å². The first kappa shape index (κ1) is 14.9. The van der Waals surface area contributed by atoms with Crippen molar-refractivity contribution in [2.24, 2.45) is 29.1 Å². The van der Waals surface area contributed by atoms with Crippen LogP contribution < -0.4 is 0 Å². The molecule has 1 saturated heterocycles. The van der Waals surface area contributed by atoms with Crippen molar-refractivity contribution in [2.75, 3.05) is 0 Å². The average molecular weight is 284 g/mol. The predicted molar refractivity (Wildman–Crippen MR) is 76.8 cm³/mol. The molecule has 0 radical (unpaired) electrons. The van der Waals surface area contributed by atoms with E-state index in [2.05, 4.69) is 20.8 Å². The lowest BCUT2D eigenvalue weighted by Crippen LogP contribution is -2.49. The number of fused-ring (bicyclic) bond motifs is 1. The Morgan fingerprint density at radius 1 is 1.05 bits per heavy atom. The van der Waals surface area contributed by atoms with Gasteiger partial charge in [0.2, 0.25) is 0 Å². The molecule has 4 atom stereocenters. The molecule has 108 valence electrons. The van der Waals surface area contributed by atoms with Gasteiger partial charge in [0, 0.05) is 4.75 Å². The second kappa shape index (κ2) is 4.51. The van der Waals surface area contributed by atoms with Gasteiger partial charge in [0.25, 0.3) is 0 Å². The van der Waals surface area contributed by atoms with Crippen LogP contribution in [0.3, 0.4) is 0 Å². The normalized spacial score (nSPS) is 36.1. The number of esters is 2. The maximum absolute atomic E-state index is 12.1. The zero-order chi connectivity index (χ0) is 14.6. The number of hydrogen-bond acceptors (Lipinski definition) is 4. The molecule has 0 amide bonds. The van der Waals surface area contributed by atoms with Crippen molar-refractivity contribution in [1.29, 1.82) is 0 Å². The molecule has 2 rings (SSSR count). The van der Waals surface area contributed by atoms with Crippen LogP contribution in [0, 0.1) is 29.1 Å². The highest BCUT2D eigenvalue weighted by Gasteiger charge is 2.58. The Kier molecular flexibility index (Phi) is 3.53. The topological polar surface area (TPSA) is 43.4 Å². The maximum Gasteiger partial charge on any atom is 0.317 e. The zero-order valence-corrected chi connectivity index (χ0v) is 13.3. The third-order valence-electron chi connectivity index (χ3n) is 4.75. The molecule has 1 heterocycles. The van der Waals surface area contributed by atoms with Gasteiger partial charge in [-0.3, -0.25) is 9.59 Å². The number of thiol groups is 1. The fraction of sp³-hybridized carbons (Fsp3) is 0.867. The molecule has 4 unspecified atom stereocenters. The van der Waals surface area contributed by atoms with Gasteiger partial charge < -0.3 is 4.74 Å². The number of carbonyl (C=O) groups excluding carboxylic acids is 2. The fourth-order valence-electron chi connectivity index (χ4n) is 3.94. The second-order valence-corrected chi connectivity index (χ2v) is 8.75. The van der Waals surface area contributed by atoms with Gasteiger partial charge in [0.1, 0.15) is 0 Å². The molecule has 0 aromatic heterocycles. The summed E-state index contributed by atoms with van der Waals surface area (Å²) in [4.78, 5) is 23.9. The van der Waals surface area contributed by atoms with Crippen molar-refractivity contribution in [1.82, 2.24) is 0 Å². The summed E-state index contributed by atoms with van der Waals surface area (Å²) >= 11 is 4.72. The fourth-order valence-corrected chi connectivity index (χ4v) is 4.28. The Morgan fingerprint density at radius 3 is 2.11 bits per heavy atom. The van der Waals surface area contributed by atoms with Crippen LogP contribution >= 0.6 is 12.6 Å². The van der Waals surface area contributed by atoms with Crippen molar-refractivity contribution in [2.45, 2.75) is 52.2 Å². The first-order chi connectivity index (χ1) is 8.53. The highest BCUT2D eigenvalue weighted by Crippen LogP contribution is 2.54. The number of cyclic esters (lactones) is 2. The number of ether oxygens (including phenoxy) is 1. The average Bonchev–Trinajstić information content (AvgIpc) is 2.51. The molecule has 3 nitrogen and oxygen atoms in total. The standard InChI is InChI=1S/C15H24O3S/c1-14(2,3)9-7-6-8-10(11(9)15(4,5)19)13(17)18-12(8)16/h8-11,19H,6-7H2,1-5H3. The first-order valence-corrected chi connectivity index (χ1v) is 7.46. The minimum Gasteiger partial charge on any atom is -0.393 e. The van der Waals surface area contributed by atoms with E-state index < -0.39 is 0 Å². The summed E-state index contributed by atoms with van der Waals surface area (Å²) in [6.45, 7) is 10.7. The van der Waals surface area contributed by atoms with Crippen molar-refractivity contribution in [3.05, 3.63) is 0 Å².